The molecule has 2 aromatic rings. The number of ether oxygens (including phenoxy) is 1. The average molecular weight is 451 g/mol. The van der Waals surface area contributed by atoms with Gasteiger partial charge < -0.3 is 9.64 Å². The van der Waals surface area contributed by atoms with Crippen LogP contribution in [0.1, 0.15) is 13.8 Å². The second-order valence-corrected chi connectivity index (χ2v) is 12.0. The van der Waals surface area contributed by atoms with Crippen molar-refractivity contribution >= 4 is 47.6 Å². The van der Waals surface area contributed by atoms with Crippen LogP contribution >= 0.6 is 22.9 Å². The second-order valence-electron chi connectivity index (χ2n) is 6.48. The Morgan fingerprint density at radius 3 is 2.19 bits per heavy atom. The summed E-state index contributed by atoms with van der Waals surface area (Å²) in [5.41, 5.74) is 0. The Hall–Kier alpha value is -1.20. The summed E-state index contributed by atoms with van der Waals surface area (Å²) in [7, 11) is -7.67. The molecule has 2 heterocycles. The minimum atomic E-state index is -4.02. The van der Waals surface area contributed by atoms with Gasteiger partial charge in [-0.1, -0.05) is 22.9 Å². The first-order valence-corrected chi connectivity index (χ1v) is 12.7. The van der Waals surface area contributed by atoms with E-state index >= 15 is 0 Å². The van der Waals surface area contributed by atoms with Crippen molar-refractivity contribution in [2.45, 2.75) is 40.3 Å². The van der Waals surface area contributed by atoms with E-state index in [4.69, 9.17) is 16.3 Å². The van der Waals surface area contributed by atoms with E-state index in [2.05, 4.69) is 4.98 Å². The van der Waals surface area contributed by atoms with Crippen molar-refractivity contribution in [2.24, 2.45) is 0 Å². The SMILES string of the molecule is C[C@@H]1CN(c2sc(S(C)(=O)=O)nc2S(=O)(=O)c2ccc(Cl)cc2)C[C@@H](C)O1. The highest BCUT2D eigenvalue weighted by molar-refractivity contribution is 7.93. The van der Waals surface area contributed by atoms with Crippen molar-refractivity contribution < 1.29 is 21.6 Å². The quantitative estimate of drug-likeness (QED) is 0.706. The van der Waals surface area contributed by atoms with Gasteiger partial charge in [-0.25, -0.2) is 21.8 Å². The maximum absolute atomic E-state index is 13.2. The van der Waals surface area contributed by atoms with E-state index < -0.39 is 19.7 Å². The van der Waals surface area contributed by atoms with Gasteiger partial charge in [-0.3, -0.25) is 0 Å². The summed E-state index contributed by atoms with van der Waals surface area (Å²) in [6.45, 7) is 4.65. The first-order valence-electron chi connectivity index (χ1n) is 8.10. The lowest BCUT2D eigenvalue weighted by Gasteiger charge is -2.36. The highest BCUT2D eigenvalue weighted by Gasteiger charge is 2.34. The molecule has 2 atom stereocenters. The van der Waals surface area contributed by atoms with Gasteiger partial charge in [0.1, 0.15) is 5.00 Å². The molecule has 148 valence electrons. The van der Waals surface area contributed by atoms with Gasteiger partial charge in [-0.05, 0) is 38.1 Å². The molecular weight excluding hydrogens is 432 g/mol. The lowest BCUT2D eigenvalue weighted by molar-refractivity contribution is -0.00517. The molecular formula is C16H19ClN2O5S3. The molecule has 0 spiro atoms. The zero-order valence-corrected chi connectivity index (χ0v) is 18.1. The molecule has 27 heavy (non-hydrogen) atoms. The summed E-state index contributed by atoms with van der Waals surface area (Å²) in [5, 5.41) is 0.462. The number of sulfone groups is 2. The molecule has 0 amide bonds. The van der Waals surface area contributed by atoms with Crippen LogP contribution in [0.15, 0.2) is 38.5 Å². The van der Waals surface area contributed by atoms with Gasteiger partial charge in [0.05, 0.1) is 17.1 Å². The number of rotatable bonds is 4. The Morgan fingerprint density at radius 1 is 1.11 bits per heavy atom. The Kier molecular flexibility index (Phi) is 5.57. The van der Waals surface area contributed by atoms with E-state index in [1.165, 1.54) is 24.3 Å². The lowest BCUT2D eigenvalue weighted by atomic mass is 10.2. The van der Waals surface area contributed by atoms with Crippen LogP contribution in [-0.4, -0.2) is 53.4 Å². The Labute approximate surface area is 167 Å². The largest absolute Gasteiger partial charge is 0.372 e. The average Bonchev–Trinajstić information content (AvgIpc) is 3.00. The fourth-order valence-electron chi connectivity index (χ4n) is 2.88. The second kappa shape index (κ2) is 7.32. The van der Waals surface area contributed by atoms with Crippen LogP contribution in [-0.2, 0) is 24.4 Å². The van der Waals surface area contributed by atoms with Crippen LogP contribution in [0.25, 0.3) is 0 Å². The monoisotopic (exact) mass is 450 g/mol. The molecule has 3 rings (SSSR count). The van der Waals surface area contributed by atoms with E-state index in [0.29, 0.717) is 23.1 Å². The van der Waals surface area contributed by atoms with E-state index in [9.17, 15) is 16.8 Å². The van der Waals surface area contributed by atoms with Crippen molar-refractivity contribution in [3.63, 3.8) is 0 Å². The molecule has 7 nitrogen and oxygen atoms in total. The van der Waals surface area contributed by atoms with Gasteiger partial charge in [0.15, 0.2) is 5.03 Å². The predicted octanol–water partition coefficient (Wildman–Crippen LogP) is 2.65. The molecule has 11 heteroatoms. The number of hydrogen-bond donors (Lipinski definition) is 0. The van der Waals surface area contributed by atoms with Gasteiger partial charge >= 0.3 is 0 Å². The third-order valence-electron chi connectivity index (χ3n) is 3.96. The molecule has 1 aromatic heterocycles. The predicted molar refractivity (Wildman–Crippen MR) is 104 cm³/mol. The number of morpholine rings is 1. The van der Waals surface area contributed by atoms with Crippen LogP contribution < -0.4 is 4.90 Å². The zero-order chi connectivity index (χ0) is 20.0. The molecule has 1 aromatic carbocycles. The Bertz CT molecular complexity index is 1040. The number of thiazole rings is 1. The number of anilines is 1. The van der Waals surface area contributed by atoms with Crippen LogP contribution in [0.4, 0.5) is 5.00 Å². The highest BCUT2D eigenvalue weighted by atomic mass is 35.5. The molecule has 1 saturated heterocycles. The third-order valence-corrected chi connectivity index (χ3v) is 8.82. The molecule has 0 saturated carbocycles. The topological polar surface area (TPSA) is 93.6 Å². The maximum atomic E-state index is 13.2. The Balaban J connectivity index is 2.16. The smallest absolute Gasteiger partial charge is 0.226 e. The minimum Gasteiger partial charge on any atom is -0.372 e. The number of halogens is 1. The minimum absolute atomic E-state index is 0.00728. The molecule has 1 aliphatic rings. The number of hydrogen-bond acceptors (Lipinski definition) is 8. The normalized spacial score (nSPS) is 21.4. The lowest BCUT2D eigenvalue weighted by Crippen LogP contribution is -2.45. The van der Waals surface area contributed by atoms with Gasteiger partial charge in [0.25, 0.3) is 0 Å². The summed E-state index contributed by atoms with van der Waals surface area (Å²) < 4.78 is 55.8. The fraction of sp³-hybridized carbons (Fsp3) is 0.438. The Morgan fingerprint density at radius 2 is 1.67 bits per heavy atom. The number of nitrogens with zero attached hydrogens (tertiary/aromatic N) is 2. The standard InChI is InChI=1S/C16H19ClN2O5S3/c1-10-8-19(9-11(2)24-10)15-14(18-16(25-15)26(3,20)21)27(22,23)13-6-4-12(17)5-7-13/h4-7,10-11H,8-9H2,1-3H3/t10-,11-/m1/s1. The van der Waals surface area contributed by atoms with Crippen molar-refractivity contribution in [2.75, 3.05) is 24.2 Å². The van der Waals surface area contributed by atoms with Gasteiger partial charge in [0.2, 0.25) is 24.0 Å². The van der Waals surface area contributed by atoms with Crippen LogP contribution in [0.5, 0.6) is 0 Å². The van der Waals surface area contributed by atoms with Crippen molar-refractivity contribution in [1.29, 1.82) is 0 Å². The van der Waals surface area contributed by atoms with Gasteiger partial charge in [0, 0.05) is 24.4 Å². The molecule has 0 aliphatic carbocycles. The molecule has 0 bridgehead atoms. The van der Waals surface area contributed by atoms with Crippen molar-refractivity contribution in [1.82, 2.24) is 4.98 Å². The van der Waals surface area contributed by atoms with E-state index in [1.807, 2.05) is 18.7 Å². The number of benzene rings is 1. The zero-order valence-electron chi connectivity index (χ0n) is 14.9. The summed E-state index contributed by atoms with van der Waals surface area (Å²) >= 11 is 6.71. The first-order chi connectivity index (χ1) is 12.5. The summed E-state index contributed by atoms with van der Waals surface area (Å²) in [4.78, 5) is 5.84. The third kappa shape index (κ3) is 4.29. The van der Waals surface area contributed by atoms with Crippen LogP contribution in [0.3, 0.4) is 0 Å². The molecule has 0 radical (unpaired) electrons. The first kappa shape index (κ1) is 20.5. The summed E-state index contributed by atoms with van der Waals surface area (Å²) in [6, 6.07) is 5.70. The molecule has 1 fully saturated rings. The van der Waals surface area contributed by atoms with E-state index in [0.717, 1.165) is 17.6 Å². The molecule has 0 N–H and O–H groups in total. The van der Waals surface area contributed by atoms with Crippen LogP contribution in [0, 0.1) is 0 Å². The van der Waals surface area contributed by atoms with Gasteiger partial charge in [-0.2, -0.15) is 0 Å². The maximum Gasteiger partial charge on any atom is 0.226 e. The fourth-order valence-corrected chi connectivity index (χ4v) is 6.68. The van der Waals surface area contributed by atoms with Crippen molar-refractivity contribution in [3.8, 4) is 0 Å². The van der Waals surface area contributed by atoms with Crippen LogP contribution in [0.2, 0.25) is 5.02 Å². The summed E-state index contributed by atoms with van der Waals surface area (Å²) in [5.74, 6) is 0. The summed E-state index contributed by atoms with van der Waals surface area (Å²) in [6.07, 6.45) is 0.769. The van der Waals surface area contributed by atoms with E-state index in [-0.39, 0.29) is 26.5 Å². The van der Waals surface area contributed by atoms with Crippen molar-refractivity contribution in [3.05, 3.63) is 29.3 Å². The molecule has 0 unspecified atom stereocenters. The van der Waals surface area contributed by atoms with E-state index in [1.54, 1.807) is 0 Å². The van der Waals surface area contributed by atoms with Gasteiger partial charge in [-0.15, -0.1) is 0 Å². The molecule has 1 aliphatic heterocycles. The number of aromatic nitrogens is 1. The highest BCUT2D eigenvalue weighted by Crippen LogP contribution is 2.38.